The summed E-state index contributed by atoms with van der Waals surface area (Å²) in [6, 6.07) is 5.23. The van der Waals surface area contributed by atoms with E-state index in [-0.39, 0.29) is 23.3 Å². The molecule has 1 atom stereocenters. The number of sulfonamides is 1. The first-order valence-electron chi connectivity index (χ1n) is 6.46. The molecule has 20 heavy (non-hydrogen) atoms. The highest BCUT2D eigenvalue weighted by Gasteiger charge is 2.29. The van der Waals surface area contributed by atoms with Gasteiger partial charge < -0.3 is 4.90 Å². The molecule has 0 aromatic heterocycles. The van der Waals surface area contributed by atoms with Gasteiger partial charge in [-0.2, -0.15) is 0 Å². The Morgan fingerprint density at radius 3 is 2.90 bits per heavy atom. The molecule has 7 heteroatoms. The summed E-state index contributed by atoms with van der Waals surface area (Å²) in [6.07, 6.45) is 0.570. The monoisotopic (exact) mass is 300 g/mol. The van der Waals surface area contributed by atoms with Gasteiger partial charge in [0.05, 0.1) is 5.75 Å². The van der Waals surface area contributed by atoms with E-state index in [1.54, 1.807) is 13.0 Å². The van der Waals surface area contributed by atoms with Crippen LogP contribution < -0.4 is 4.72 Å². The Morgan fingerprint density at radius 1 is 1.50 bits per heavy atom. The molecule has 2 rings (SSSR count). The average molecular weight is 300 g/mol. The summed E-state index contributed by atoms with van der Waals surface area (Å²) in [7, 11) is -3.27. The lowest BCUT2D eigenvalue weighted by Crippen LogP contribution is -2.39. The predicted molar refractivity (Wildman–Crippen MR) is 73.3 cm³/mol. The summed E-state index contributed by atoms with van der Waals surface area (Å²) in [6.45, 7) is 2.34. The number of hydrogen-bond donors (Lipinski definition) is 1. The van der Waals surface area contributed by atoms with Crippen molar-refractivity contribution in [1.82, 2.24) is 9.62 Å². The Bertz CT molecular complexity index is 603. The van der Waals surface area contributed by atoms with Crippen molar-refractivity contribution in [2.45, 2.75) is 19.4 Å². The number of nitrogens with zero attached hydrogens (tertiary/aromatic N) is 1. The lowest BCUT2D eigenvalue weighted by molar-refractivity contribution is 0.0789. The number of benzene rings is 1. The molecule has 1 N–H and O–H groups in total. The molecule has 5 nitrogen and oxygen atoms in total. The third-order valence-corrected chi connectivity index (χ3v) is 4.73. The van der Waals surface area contributed by atoms with Crippen molar-refractivity contribution in [2.75, 3.05) is 18.8 Å². The van der Waals surface area contributed by atoms with Crippen molar-refractivity contribution in [3.63, 3.8) is 0 Å². The van der Waals surface area contributed by atoms with Crippen LogP contribution >= 0.6 is 0 Å². The van der Waals surface area contributed by atoms with E-state index in [9.17, 15) is 17.6 Å². The van der Waals surface area contributed by atoms with Crippen molar-refractivity contribution in [3.05, 3.63) is 35.6 Å². The molecule has 0 aliphatic carbocycles. The Labute approximate surface area is 117 Å². The summed E-state index contributed by atoms with van der Waals surface area (Å²) in [5, 5.41) is 0. The summed E-state index contributed by atoms with van der Waals surface area (Å²) in [5.74, 6) is -0.720. The summed E-state index contributed by atoms with van der Waals surface area (Å²) >= 11 is 0. The van der Waals surface area contributed by atoms with Crippen LogP contribution in [0.2, 0.25) is 0 Å². The molecule has 1 aromatic carbocycles. The highest BCUT2D eigenvalue weighted by molar-refractivity contribution is 7.89. The van der Waals surface area contributed by atoms with Gasteiger partial charge in [0.2, 0.25) is 10.0 Å². The van der Waals surface area contributed by atoms with Crippen molar-refractivity contribution < 1.29 is 17.6 Å². The van der Waals surface area contributed by atoms with Gasteiger partial charge in [-0.05, 0) is 31.5 Å². The van der Waals surface area contributed by atoms with Gasteiger partial charge in [0.1, 0.15) is 5.82 Å². The van der Waals surface area contributed by atoms with E-state index in [0.717, 1.165) is 0 Å². The molecular formula is C13H17FN2O3S. The maximum Gasteiger partial charge on any atom is 0.254 e. The number of nitrogens with one attached hydrogen (secondary N) is 1. The second-order valence-corrected chi connectivity index (χ2v) is 6.81. The van der Waals surface area contributed by atoms with E-state index >= 15 is 0 Å². The Kier molecular flexibility index (Phi) is 4.39. The van der Waals surface area contributed by atoms with E-state index in [1.807, 2.05) is 0 Å². The van der Waals surface area contributed by atoms with Gasteiger partial charge in [0.25, 0.3) is 5.91 Å². The number of rotatable bonds is 4. The molecule has 1 aliphatic rings. The standard InChI is InChI=1S/C13H17FN2O3S/c1-2-20(18,19)15-12-6-7-16(9-12)13(17)10-4-3-5-11(14)8-10/h3-5,8,12,15H,2,6-7,9H2,1H3. The maximum absolute atomic E-state index is 13.1. The molecule has 0 bridgehead atoms. The largest absolute Gasteiger partial charge is 0.337 e. The van der Waals surface area contributed by atoms with Crippen LogP contribution in [0.1, 0.15) is 23.7 Å². The van der Waals surface area contributed by atoms with Gasteiger partial charge in [-0.15, -0.1) is 0 Å². The third-order valence-electron chi connectivity index (χ3n) is 3.27. The predicted octanol–water partition coefficient (Wildman–Crippen LogP) is 0.979. The van der Waals surface area contributed by atoms with Crippen LogP contribution in [0, 0.1) is 5.82 Å². The SMILES string of the molecule is CCS(=O)(=O)NC1CCN(C(=O)c2cccc(F)c2)C1. The normalized spacial score (nSPS) is 19.3. The molecule has 1 amide bonds. The van der Waals surface area contributed by atoms with E-state index in [2.05, 4.69) is 4.72 Å². The Balaban J connectivity index is 2.01. The van der Waals surface area contributed by atoms with Gasteiger partial charge in [0, 0.05) is 24.7 Å². The number of carbonyl (C=O) groups is 1. The third kappa shape index (κ3) is 3.55. The number of carbonyl (C=O) groups excluding carboxylic acids is 1. The van der Waals surface area contributed by atoms with E-state index in [0.29, 0.717) is 19.5 Å². The first kappa shape index (κ1) is 14.9. The van der Waals surface area contributed by atoms with Crippen molar-refractivity contribution in [1.29, 1.82) is 0 Å². The molecule has 1 saturated heterocycles. The molecule has 1 fully saturated rings. The van der Waals surface area contributed by atoms with Crippen molar-refractivity contribution in [3.8, 4) is 0 Å². The lowest BCUT2D eigenvalue weighted by atomic mass is 10.2. The highest BCUT2D eigenvalue weighted by atomic mass is 32.2. The Hall–Kier alpha value is -1.47. The number of likely N-dealkylation sites (tertiary alicyclic amines) is 1. The Morgan fingerprint density at radius 2 is 2.25 bits per heavy atom. The van der Waals surface area contributed by atoms with Crippen LogP contribution in [0.5, 0.6) is 0 Å². The first-order chi connectivity index (χ1) is 9.41. The average Bonchev–Trinajstić information content (AvgIpc) is 2.85. The zero-order chi connectivity index (χ0) is 14.8. The van der Waals surface area contributed by atoms with Gasteiger partial charge in [0.15, 0.2) is 0 Å². The van der Waals surface area contributed by atoms with Crippen molar-refractivity contribution >= 4 is 15.9 Å². The fourth-order valence-electron chi connectivity index (χ4n) is 2.18. The van der Waals surface area contributed by atoms with Crippen LogP contribution in [-0.4, -0.2) is 44.1 Å². The van der Waals surface area contributed by atoms with Gasteiger partial charge >= 0.3 is 0 Å². The maximum atomic E-state index is 13.1. The quantitative estimate of drug-likeness (QED) is 0.901. The summed E-state index contributed by atoms with van der Waals surface area (Å²) in [4.78, 5) is 13.7. The fourth-order valence-corrected chi connectivity index (χ4v) is 3.05. The molecule has 1 unspecified atom stereocenters. The number of hydrogen-bond acceptors (Lipinski definition) is 3. The van der Waals surface area contributed by atoms with Crippen LogP contribution in [0.25, 0.3) is 0 Å². The van der Waals surface area contributed by atoms with Crippen LogP contribution in [-0.2, 0) is 10.0 Å². The minimum atomic E-state index is -3.27. The van der Waals surface area contributed by atoms with Crippen LogP contribution in [0.15, 0.2) is 24.3 Å². The minimum absolute atomic E-state index is 0.0152. The second kappa shape index (κ2) is 5.88. The number of halogens is 1. The van der Waals surface area contributed by atoms with E-state index in [4.69, 9.17) is 0 Å². The van der Waals surface area contributed by atoms with Gasteiger partial charge in [-0.25, -0.2) is 17.5 Å². The molecule has 0 saturated carbocycles. The second-order valence-electron chi connectivity index (χ2n) is 4.77. The van der Waals surface area contributed by atoms with Gasteiger partial charge in [-0.3, -0.25) is 4.79 Å². The molecule has 110 valence electrons. The molecule has 1 aromatic rings. The number of amides is 1. The van der Waals surface area contributed by atoms with Gasteiger partial charge in [-0.1, -0.05) is 6.07 Å². The van der Waals surface area contributed by atoms with Crippen LogP contribution in [0.4, 0.5) is 4.39 Å². The minimum Gasteiger partial charge on any atom is -0.337 e. The summed E-state index contributed by atoms with van der Waals surface area (Å²) in [5.41, 5.74) is 0.281. The highest BCUT2D eigenvalue weighted by Crippen LogP contribution is 2.15. The van der Waals surface area contributed by atoms with E-state index in [1.165, 1.54) is 23.1 Å². The molecule has 0 spiro atoms. The molecule has 1 heterocycles. The smallest absolute Gasteiger partial charge is 0.254 e. The fraction of sp³-hybridized carbons (Fsp3) is 0.462. The molecule has 0 radical (unpaired) electrons. The topological polar surface area (TPSA) is 66.5 Å². The van der Waals surface area contributed by atoms with E-state index < -0.39 is 15.8 Å². The molecular weight excluding hydrogens is 283 g/mol. The van der Waals surface area contributed by atoms with Crippen LogP contribution in [0.3, 0.4) is 0 Å². The lowest BCUT2D eigenvalue weighted by Gasteiger charge is -2.17. The zero-order valence-corrected chi connectivity index (χ0v) is 12.0. The summed E-state index contributed by atoms with van der Waals surface area (Å²) < 4.78 is 38.6. The zero-order valence-electron chi connectivity index (χ0n) is 11.2. The van der Waals surface area contributed by atoms with Crippen molar-refractivity contribution in [2.24, 2.45) is 0 Å². The first-order valence-corrected chi connectivity index (χ1v) is 8.11. The molecule has 1 aliphatic heterocycles.